The van der Waals surface area contributed by atoms with Crippen LogP contribution in [-0.4, -0.2) is 42.1 Å². The van der Waals surface area contributed by atoms with Crippen molar-refractivity contribution in [2.24, 2.45) is 17.6 Å². The van der Waals surface area contributed by atoms with Gasteiger partial charge in [-0.3, -0.25) is 10.3 Å². The molecule has 0 radical (unpaired) electrons. The van der Waals surface area contributed by atoms with Gasteiger partial charge in [0.25, 0.3) is 0 Å². The number of rotatable bonds is 4. The topological polar surface area (TPSA) is 82.6 Å². The summed E-state index contributed by atoms with van der Waals surface area (Å²) in [4.78, 5) is 2.37. The molecule has 4 N–H and O–H groups in total. The molecule has 5 heteroatoms. The van der Waals surface area contributed by atoms with Gasteiger partial charge in [-0.05, 0) is 37.0 Å². The Kier molecular flexibility index (Phi) is 3.87. The van der Waals surface area contributed by atoms with Crippen molar-refractivity contribution < 1.29 is 9.84 Å². The molecule has 5 nitrogen and oxygen atoms in total. The molecule has 1 saturated carbocycles. The summed E-state index contributed by atoms with van der Waals surface area (Å²) >= 11 is 0. The third-order valence-electron chi connectivity index (χ3n) is 4.88. The maximum atomic E-state index is 10.0. The lowest BCUT2D eigenvalue weighted by Gasteiger charge is -2.20. The van der Waals surface area contributed by atoms with E-state index in [4.69, 9.17) is 15.9 Å². The summed E-state index contributed by atoms with van der Waals surface area (Å²) < 4.78 is 5.42. The van der Waals surface area contributed by atoms with Crippen LogP contribution in [0, 0.1) is 17.2 Å². The smallest absolute Gasteiger partial charge is 0.123 e. The Labute approximate surface area is 125 Å². The van der Waals surface area contributed by atoms with Crippen LogP contribution in [-0.2, 0) is 6.54 Å². The number of aliphatic hydroxyl groups is 1. The zero-order chi connectivity index (χ0) is 15.0. The first-order valence-electron chi connectivity index (χ1n) is 7.50. The number of hydrogen-bond donors (Lipinski definition) is 3. The highest BCUT2D eigenvalue weighted by atomic mass is 16.5. The predicted molar refractivity (Wildman–Crippen MR) is 81.5 cm³/mol. The van der Waals surface area contributed by atoms with E-state index in [1.807, 2.05) is 18.2 Å². The first-order chi connectivity index (χ1) is 10.1. The molecule has 0 bridgehead atoms. The summed E-state index contributed by atoms with van der Waals surface area (Å²) in [7, 11) is 1.66. The Balaban J connectivity index is 1.75. The summed E-state index contributed by atoms with van der Waals surface area (Å²) in [5.41, 5.74) is 7.35. The van der Waals surface area contributed by atoms with E-state index in [1.54, 1.807) is 7.11 Å². The third kappa shape index (κ3) is 2.76. The Hall–Kier alpha value is -1.59. The lowest BCUT2D eigenvalue weighted by molar-refractivity contribution is 0.123. The highest BCUT2D eigenvalue weighted by molar-refractivity contribution is 5.95. The van der Waals surface area contributed by atoms with Crippen molar-refractivity contribution in [3.63, 3.8) is 0 Å². The number of amidine groups is 1. The van der Waals surface area contributed by atoms with E-state index >= 15 is 0 Å². The molecule has 1 aliphatic carbocycles. The highest BCUT2D eigenvalue weighted by Crippen LogP contribution is 2.39. The zero-order valence-corrected chi connectivity index (χ0v) is 12.4. The summed E-state index contributed by atoms with van der Waals surface area (Å²) in [5.74, 6) is 1.96. The number of fused-ring (bicyclic) bond motifs is 1. The fourth-order valence-corrected chi connectivity index (χ4v) is 3.77. The molecule has 0 spiro atoms. The minimum absolute atomic E-state index is 0.0765. The quantitative estimate of drug-likeness (QED) is 0.574. The summed E-state index contributed by atoms with van der Waals surface area (Å²) in [6, 6.07) is 5.62. The number of ether oxygens (including phenoxy) is 1. The second-order valence-corrected chi connectivity index (χ2v) is 6.20. The van der Waals surface area contributed by atoms with Gasteiger partial charge in [0.1, 0.15) is 11.6 Å². The van der Waals surface area contributed by atoms with Crippen molar-refractivity contribution in [2.45, 2.75) is 25.5 Å². The molecule has 1 aliphatic heterocycles. The molecule has 2 aliphatic rings. The number of benzene rings is 1. The van der Waals surface area contributed by atoms with E-state index in [0.29, 0.717) is 11.8 Å². The van der Waals surface area contributed by atoms with Crippen LogP contribution in [0.5, 0.6) is 5.75 Å². The second-order valence-electron chi connectivity index (χ2n) is 6.20. The maximum absolute atomic E-state index is 10.0. The summed E-state index contributed by atoms with van der Waals surface area (Å²) in [6.07, 6.45) is 1.95. The van der Waals surface area contributed by atoms with Crippen LogP contribution in [0.4, 0.5) is 0 Å². The van der Waals surface area contributed by atoms with Gasteiger partial charge < -0.3 is 15.6 Å². The molecule has 21 heavy (non-hydrogen) atoms. The molecule has 2 fully saturated rings. The average Bonchev–Trinajstić information content (AvgIpc) is 3.01. The minimum Gasteiger partial charge on any atom is -0.496 e. The van der Waals surface area contributed by atoms with Crippen LogP contribution in [0.3, 0.4) is 0 Å². The Morgan fingerprint density at radius 3 is 2.90 bits per heavy atom. The molecule has 1 saturated heterocycles. The normalized spacial score (nSPS) is 28.6. The molecule has 1 aromatic carbocycles. The van der Waals surface area contributed by atoms with E-state index in [0.717, 1.165) is 49.4 Å². The van der Waals surface area contributed by atoms with Crippen LogP contribution >= 0.6 is 0 Å². The van der Waals surface area contributed by atoms with Gasteiger partial charge in [0.15, 0.2) is 0 Å². The number of nitrogen functional groups attached to an aromatic ring is 1. The van der Waals surface area contributed by atoms with Crippen LogP contribution in [0.2, 0.25) is 0 Å². The lowest BCUT2D eigenvalue weighted by atomic mass is 10.00. The lowest BCUT2D eigenvalue weighted by Crippen LogP contribution is -2.25. The van der Waals surface area contributed by atoms with Gasteiger partial charge in [-0.1, -0.05) is 0 Å². The minimum atomic E-state index is -0.134. The largest absolute Gasteiger partial charge is 0.496 e. The number of hydrogen-bond acceptors (Lipinski definition) is 4. The van der Waals surface area contributed by atoms with Crippen molar-refractivity contribution in [1.29, 1.82) is 5.41 Å². The Morgan fingerprint density at radius 1 is 1.43 bits per heavy atom. The fourth-order valence-electron chi connectivity index (χ4n) is 3.77. The molecule has 114 valence electrons. The molecule has 3 unspecified atom stereocenters. The number of likely N-dealkylation sites (tertiary alicyclic amines) is 1. The van der Waals surface area contributed by atoms with Crippen molar-refractivity contribution >= 4 is 5.84 Å². The van der Waals surface area contributed by atoms with Gasteiger partial charge >= 0.3 is 0 Å². The maximum Gasteiger partial charge on any atom is 0.123 e. The Morgan fingerprint density at radius 2 is 2.24 bits per heavy atom. The van der Waals surface area contributed by atoms with Gasteiger partial charge in [-0.15, -0.1) is 0 Å². The fraction of sp³-hybridized carbons (Fsp3) is 0.562. The molecule has 3 rings (SSSR count). The number of nitrogens with one attached hydrogen (secondary N) is 1. The number of methoxy groups -OCH3 is 1. The van der Waals surface area contributed by atoms with Gasteiger partial charge in [-0.25, -0.2) is 0 Å². The van der Waals surface area contributed by atoms with Crippen LogP contribution in [0.25, 0.3) is 0 Å². The Bertz CT molecular complexity index is 546. The van der Waals surface area contributed by atoms with Crippen molar-refractivity contribution in [2.75, 3.05) is 20.2 Å². The molecule has 1 heterocycles. The van der Waals surface area contributed by atoms with E-state index in [-0.39, 0.29) is 11.9 Å². The monoisotopic (exact) mass is 289 g/mol. The second kappa shape index (κ2) is 5.66. The zero-order valence-electron chi connectivity index (χ0n) is 12.4. The average molecular weight is 289 g/mol. The molecular weight excluding hydrogens is 266 g/mol. The van der Waals surface area contributed by atoms with Crippen molar-refractivity contribution in [3.8, 4) is 5.75 Å². The van der Waals surface area contributed by atoms with Gasteiger partial charge in [0.2, 0.25) is 0 Å². The van der Waals surface area contributed by atoms with E-state index < -0.39 is 0 Å². The van der Waals surface area contributed by atoms with E-state index in [2.05, 4.69) is 4.90 Å². The van der Waals surface area contributed by atoms with E-state index in [9.17, 15) is 5.11 Å². The SMILES string of the molecule is COc1ccc(C(=N)N)cc1CN1CC2CCC(O)C2C1. The summed E-state index contributed by atoms with van der Waals surface area (Å²) in [5, 5.41) is 17.6. The highest BCUT2D eigenvalue weighted by Gasteiger charge is 2.41. The number of nitrogens with two attached hydrogens (primary N) is 1. The number of aliphatic hydroxyl groups excluding tert-OH is 1. The summed E-state index contributed by atoms with van der Waals surface area (Å²) in [6.45, 7) is 2.76. The van der Waals surface area contributed by atoms with Crippen molar-refractivity contribution in [1.82, 2.24) is 4.90 Å². The van der Waals surface area contributed by atoms with Crippen molar-refractivity contribution in [3.05, 3.63) is 29.3 Å². The van der Waals surface area contributed by atoms with E-state index in [1.165, 1.54) is 0 Å². The predicted octanol–water partition coefficient (Wildman–Crippen LogP) is 1.18. The van der Waals surface area contributed by atoms with Crippen LogP contribution in [0.15, 0.2) is 18.2 Å². The number of nitrogens with zero attached hydrogens (tertiary/aromatic N) is 1. The third-order valence-corrected chi connectivity index (χ3v) is 4.88. The standard InChI is InChI=1S/C16H23N3O2/c1-21-15-5-3-10(16(17)18)6-12(15)8-19-7-11-2-4-14(20)13(11)9-19/h3,5-6,11,13-14,20H,2,4,7-9H2,1H3,(H3,17,18). The van der Waals surface area contributed by atoms with Crippen LogP contribution < -0.4 is 10.5 Å². The molecule has 1 aromatic rings. The van der Waals surface area contributed by atoms with Gasteiger partial charge in [0.05, 0.1) is 13.2 Å². The van der Waals surface area contributed by atoms with Gasteiger partial charge in [-0.2, -0.15) is 0 Å². The molecule has 0 aromatic heterocycles. The van der Waals surface area contributed by atoms with Gasteiger partial charge in [0, 0.05) is 36.7 Å². The first kappa shape index (κ1) is 14.4. The first-order valence-corrected chi connectivity index (χ1v) is 7.50. The molecular formula is C16H23N3O2. The molecule has 3 atom stereocenters. The van der Waals surface area contributed by atoms with Crippen LogP contribution in [0.1, 0.15) is 24.0 Å². The molecule has 0 amide bonds.